The largest absolute Gasteiger partial charge is 0.389 e. The molecule has 0 aliphatic heterocycles. The Labute approximate surface area is 142 Å². The first-order valence-electron chi connectivity index (χ1n) is 5.98. The molecule has 2 rings (SSSR count). The number of nitrogens with two attached hydrogens (primary N) is 1. The van der Waals surface area contributed by atoms with Gasteiger partial charge in [0.05, 0.1) is 4.90 Å². The van der Waals surface area contributed by atoms with Gasteiger partial charge in [-0.05, 0) is 71.5 Å². The van der Waals surface area contributed by atoms with Crippen LogP contribution < -0.4 is 10.5 Å². The Bertz CT molecular complexity index is 787. The van der Waals surface area contributed by atoms with Crippen LogP contribution in [0.2, 0.25) is 0 Å². The van der Waals surface area contributed by atoms with E-state index in [4.69, 9.17) is 18.0 Å². The van der Waals surface area contributed by atoms with E-state index in [0.717, 1.165) is 9.13 Å². The highest BCUT2D eigenvalue weighted by atomic mass is 127. The number of halogens is 1. The van der Waals surface area contributed by atoms with Crippen LogP contribution in [-0.4, -0.2) is 13.4 Å². The zero-order valence-corrected chi connectivity index (χ0v) is 14.9. The lowest BCUT2D eigenvalue weighted by Crippen LogP contribution is -2.15. The van der Waals surface area contributed by atoms with Crippen molar-refractivity contribution in [1.29, 1.82) is 0 Å². The van der Waals surface area contributed by atoms with Crippen molar-refractivity contribution in [2.24, 2.45) is 5.73 Å². The third kappa shape index (κ3) is 3.92. The normalized spacial score (nSPS) is 11.1. The maximum Gasteiger partial charge on any atom is 0.261 e. The highest BCUT2D eigenvalue weighted by molar-refractivity contribution is 14.1. The monoisotopic (exact) mass is 432 g/mol. The lowest BCUT2D eigenvalue weighted by atomic mass is 10.1. The molecule has 0 aromatic heterocycles. The third-order valence-electron chi connectivity index (χ3n) is 2.87. The quantitative estimate of drug-likeness (QED) is 0.576. The molecule has 3 N–H and O–H groups in total. The number of nitrogens with one attached hydrogen (secondary N) is 1. The summed E-state index contributed by atoms with van der Waals surface area (Å²) in [5, 5.41) is 0. The summed E-state index contributed by atoms with van der Waals surface area (Å²) in [5.74, 6) is 0. The third-order valence-corrected chi connectivity index (χ3v) is 5.19. The molecule has 0 radical (unpaired) electrons. The molecule has 0 amide bonds. The summed E-state index contributed by atoms with van der Waals surface area (Å²) in [6.45, 7) is 1.78. The van der Waals surface area contributed by atoms with E-state index in [1.807, 2.05) is 12.1 Å². The smallest absolute Gasteiger partial charge is 0.261 e. The maximum absolute atomic E-state index is 12.3. The summed E-state index contributed by atoms with van der Waals surface area (Å²) >= 11 is 7.07. The Morgan fingerprint density at radius 3 is 2.33 bits per heavy atom. The molecular formula is C14H13IN2O2S2. The van der Waals surface area contributed by atoms with Crippen molar-refractivity contribution < 1.29 is 8.42 Å². The molecule has 0 atom stereocenters. The zero-order valence-electron chi connectivity index (χ0n) is 11.1. The first kappa shape index (κ1) is 16.2. The van der Waals surface area contributed by atoms with Gasteiger partial charge in [-0.1, -0.05) is 18.3 Å². The fourth-order valence-corrected chi connectivity index (χ4v) is 3.54. The molecule has 0 spiro atoms. The van der Waals surface area contributed by atoms with E-state index in [1.165, 1.54) is 6.07 Å². The van der Waals surface area contributed by atoms with Crippen molar-refractivity contribution in [3.05, 3.63) is 57.2 Å². The minimum Gasteiger partial charge on any atom is -0.389 e. The Hall–Kier alpha value is -1.19. The van der Waals surface area contributed by atoms with Gasteiger partial charge in [-0.2, -0.15) is 0 Å². The van der Waals surface area contributed by atoms with Crippen LogP contribution in [0.1, 0.15) is 11.1 Å². The van der Waals surface area contributed by atoms with Gasteiger partial charge in [0.1, 0.15) is 4.99 Å². The van der Waals surface area contributed by atoms with Gasteiger partial charge < -0.3 is 5.73 Å². The first-order valence-corrected chi connectivity index (χ1v) is 8.95. The van der Waals surface area contributed by atoms with Crippen LogP contribution in [0.15, 0.2) is 47.4 Å². The average molecular weight is 432 g/mol. The number of thiocarbonyl (C=S) groups is 1. The number of anilines is 1. The van der Waals surface area contributed by atoms with Crippen LogP contribution in [0.4, 0.5) is 5.69 Å². The van der Waals surface area contributed by atoms with E-state index in [1.54, 1.807) is 31.2 Å². The second-order valence-corrected chi connectivity index (χ2v) is 7.82. The molecule has 0 aliphatic rings. The van der Waals surface area contributed by atoms with Crippen molar-refractivity contribution in [3.8, 4) is 0 Å². The minimum absolute atomic E-state index is 0.179. The maximum atomic E-state index is 12.3. The average Bonchev–Trinajstić information content (AvgIpc) is 2.40. The second-order valence-electron chi connectivity index (χ2n) is 4.45. The number of benzene rings is 2. The number of rotatable bonds is 4. The lowest BCUT2D eigenvalue weighted by Gasteiger charge is -2.10. The Balaban J connectivity index is 2.33. The van der Waals surface area contributed by atoms with Crippen LogP contribution in [0.3, 0.4) is 0 Å². The molecule has 4 nitrogen and oxygen atoms in total. The van der Waals surface area contributed by atoms with Crippen molar-refractivity contribution >= 4 is 55.5 Å². The molecule has 7 heteroatoms. The fraction of sp³-hybridized carbons (Fsp3) is 0.0714. The molecule has 0 fully saturated rings. The van der Waals surface area contributed by atoms with E-state index in [0.29, 0.717) is 11.3 Å². The molecule has 0 heterocycles. The molecule has 0 bridgehead atoms. The van der Waals surface area contributed by atoms with Crippen LogP contribution >= 0.6 is 34.8 Å². The lowest BCUT2D eigenvalue weighted by molar-refractivity contribution is 0.601. The number of hydrogen-bond acceptors (Lipinski definition) is 3. The van der Waals surface area contributed by atoms with Crippen LogP contribution in [0.5, 0.6) is 0 Å². The Morgan fingerprint density at radius 1 is 1.19 bits per heavy atom. The highest BCUT2D eigenvalue weighted by Gasteiger charge is 2.15. The van der Waals surface area contributed by atoms with Gasteiger partial charge in [-0.25, -0.2) is 8.42 Å². The molecule has 0 unspecified atom stereocenters. The van der Waals surface area contributed by atoms with Gasteiger partial charge in [0.15, 0.2) is 0 Å². The SMILES string of the molecule is Cc1cc(S(=O)(=O)Nc2ccc(I)cc2)ccc1C(N)=S. The van der Waals surface area contributed by atoms with E-state index in [2.05, 4.69) is 27.3 Å². The molecule has 0 saturated carbocycles. The molecule has 2 aromatic rings. The van der Waals surface area contributed by atoms with E-state index in [-0.39, 0.29) is 9.88 Å². The highest BCUT2D eigenvalue weighted by Crippen LogP contribution is 2.20. The van der Waals surface area contributed by atoms with Crippen LogP contribution in [-0.2, 0) is 10.0 Å². The summed E-state index contributed by atoms with van der Waals surface area (Å²) in [4.78, 5) is 0.431. The van der Waals surface area contributed by atoms with E-state index >= 15 is 0 Å². The van der Waals surface area contributed by atoms with Gasteiger partial charge in [0.25, 0.3) is 10.0 Å². The van der Waals surface area contributed by atoms with Crippen molar-refractivity contribution in [3.63, 3.8) is 0 Å². The van der Waals surface area contributed by atoms with E-state index in [9.17, 15) is 8.42 Å². The standard InChI is InChI=1S/C14H13IN2O2S2/c1-9-8-12(6-7-13(9)14(16)20)21(18,19)17-11-4-2-10(15)3-5-11/h2-8,17H,1H3,(H2,16,20). The van der Waals surface area contributed by atoms with Gasteiger partial charge >= 0.3 is 0 Å². The number of sulfonamides is 1. The molecule has 2 aromatic carbocycles. The van der Waals surface area contributed by atoms with Crippen molar-refractivity contribution in [1.82, 2.24) is 0 Å². The Morgan fingerprint density at radius 2 is 1.81 bits per heavy atom. The van der Waals surface area contributed by atoms with Crippen molar-refractivity contribution in [2.75, 3.05) is 4.72 Å². The number of hydrogen-bond donors (Lipinski definition) is 2. The molecule has 0 saturated heterocycles. The zero-order chi connectivity index (χ0) is 15.6. The van der Waals surface area contributed by atoms with Gasteiger partial charge in [-0.3, -0.25) is 4.72 Å². The summed E-state index contributed by atoms with van der Waals surface area (Å²) in [7, 11) is -3.63. The van der Waals surface area contributed by atoms with Crippen molar-refractivity contribution in [2.45, 2.75) is 11.8 Å². The molecular weight excluding hydrogens is 419 g/mol. The van der Waals surface area contributed by atoms with Crippen LogP contribution in [0.25, 0.3) is 0 Å². The number of aryl methyl sites for hydroxylation is 1. The fourth-order valence-electron chi connectivity index (χ4n) is 1.81. The predicted octanol–water partition coefficient (Wildman–Crippen LogP) is 3.03. The van der Waals surface area contributed by atoms with Gasteiger partial charge in [0, 0.05) is 14.8 Å². The molecule has 0 aliphatic carbocycles. The molecule has 110 valence electrons. The van der Waals surface area contributed by atoms with Gasteiger partial charge in [0.2, 0.25) is 0 Å². The summed E-state index contributed by atoms with van der Waals surface area (Å²) in [6, 6.07) is 11.8. The topological polar surface area (TPSA) is 72.2 Å². The predicted molar refractivity (Wildman–Crippen MR) is 97.0 cm³/mol. The second kappa shape index (κ2) is 6.29. The first-order chi connectivity index (χ1) is 9.79. The summed E-state index contributed by atoms with van der Waals surface area (Å²) in [5.41, 5.74) is 7.51. The van der Waals surface area contributed by atoms with Crippen LogP contribution in [0, 0.1) is 10.5 Å². The van der Waals surface area contributed by atoms with Gasteiger partial charge in [-0.15, -0.1) is 0 Å². The van der Waals surface area contributed by atoms with E-state index < -0.39 is 10.0 Å². The summed E-state index contributed by atoms with van der Waals surface area (Å²) < 4.78 is 28.3. The summed E-state index contributed by atoms with van der Waals surface area (Å²) in [6.07, 6.45) is 0. The Kier molecular flexibility index (Phi) is 4.84. The minimum atomic E-state index is -3.63. The molecule has 21 heavy (non-hydrogen) atoms.